The highest BCUT2D eigenvalue weighted by Gasteiger charge is 2.53. The minimum atomic E-state index is -0.464. The van der Waals surface area contributed by atoms with Crippen molar-refractivity contribution >= 4 is 6.09 Å². The van der Waals surface area contributed by atoms with E-state index in [1.54, 1.807) is 7.11 Å². The van der Waals surface area contributed by atoms with Gasteiger partial charge in [-0.1, -0.05) is 0 Å². The van der Waals surface area contributed by atoms with Crippen molar-refractivity contribution in [1.29, 1.82) is 0 Å². The zero-order valence-electron chi connectivity index (χ0n) is 13.8. The monoisotopic (exact) mass is 324 g/mol. The van der Waals surface area contributed by atoms with Gasteiger partial charge < -0.3 is 25.3 Å². The molecular formula is C17H28N2O4. The number of nitrogens with one attached hydrogen (secondary N) is 1. The molecule has 0 radical (unpaired) electrons. The third kappa shape index (κ3) is 2.96. The fraction of sp³-hybridized carbons (Fsp3) is 0.941. The summed E-state index contributed by atoms with van der Waals surface area (Å²) in [5.74, 6) is 2.28. The van der Waals surface area contributed by atoms with Crippen LogP contribution >= 0.6 is 0 Å². The minimum Gasteiger partial charge on any atom is -0.443 e. The van der Waals surface area contributed by atoms with Crippen molar-refractivity contribution < 1.29 is 19.0 Å². The lowest BCUT2D eigenvalue weighted by molar-refractivity contribution is -0.164. The molecule has 6 nitrogen and oxygen atoms in total. The van der Waals surface area contributed by atoms with E-state index in [0.29, 0.717) is 13.0 Å². The Labute approximate surface area is 137 Å². The van der Waals surface area contributed by atoms with Crippen LogP contribution in [0.25, 0.3) is 0 Å². The molecule has 23 heavy (non-hydrogen) atoms. The Hall–Kier alpha value is -0.850. The van der Waals surface area contributed by atoms with Crippen molar-refractivity contribution in [3.63, 3.8) is 0 Å². The van der Waals surface area contributed by atoms with Crippen LogP contribution in [0.4, 0.5) is 4.79 Å². The first-order chi connectivity index (χ1) is 11.1. The van der Waals surface area contributed by atoms with E-state index in [1.807, 2.05) is 0 Å². The molecule has 4 aliphatic carbocycles. The third-order valence-corrected chi connectivity index (χ3v) is 6.32. The number of nitrogens with two attached hydrogens (primary N) is 1. The third-order valence-electron chi connectivity index (χ3n) is 6.32. The lowest BCUT2D eigenvalue weighted by Gasteiger charge is -2.55. The molecule has 1 heterocycles. The lowest BCUT2D eigenvalue weighted by Crippen LogP contribution is -2.60. The van der Waals surface area contributed by atoms with Gasteiger partial charge in [0.15, 0.2) is 6.29 Å². The normalized spacial score (nSPS) is 48.3. The van der Waals surface area contributed by atoms with Crippen molar-refractivity contribution in [3.8, 4) is 0 Å². The van der Waals surface area contributed by atoms with Crippen LogP contribution in [0.3, 0.4) is 0 Å². The highest BCUT2D eigenvalue weighted by molar-refractivity contribution is 5.68. The largest absolute Gasteiger partial charge is 0.443 e. The Morgan fingerprint density at radius 2 is 1.78 bits per heavy atom. The van der Waals surface area contributed by atoms with Gasteiger partial charge in [-0.15, -0.1) is 0 Å². The molecule has 0 aromatic heterocycles. The summed E-state index contributed by atoms with van der Waals surface area (Å²) in [5.41, 5.74) is 5.91. The molecule has 5 fully saturated rings. The second-order valence-electron chi connectivity index (χ2n) is 8.08. The van der Waals surface area contributed by atoms with Gasteiger partial charge >= 0.3 is 6.09 Å². The quantitative estimate of drug-likeness (QED) is 0.827. The molecule has 6 heteroatoms. The average molecular weight is 324 g/mol. The molecule has 0 spiro atoms. The second-order valence-corrected chi connectivity index (χ2v) is 8.08. The van der Waals surface area contributed by atoms with E-state index < -0.39 is 6.29 Å². The van der Waals surface area contributed by atoms with Gasteiger partial charge in [0.05, 0.1) is 18.7 Å². The molecule has 3 N–H and O–H groups in total. The first-order valence-electron chi connectivity index (χ1n) is 8.96. The van der Waals surface area contributed by atoms with Gasteiger partial charge in [-0.25, -0.2) is 4.79 Å². The van der Waals surface area contributed by atoms with Crippen LogP contribution in [0.2, 0.25) is 0 Å². The van der Waals surface area contributed by atoms with Gasteiger partial charge in [0.2, 0.25) is 0 Å². The first-order valence-corrected chi connectivity index (χ1v) is 8.96. The molecule has 1 aliphatic heterocycles. The van der Waals surface area contributed by atoms with Crippen LogP contribution in [0, 0.1) is 17.8 Å². The summed E-state index contributed by atoms with van der Waals surface area (Å²) >= 11 is 0. The number of alkyl carbamates (subject to hydrolysis) is 1. The highest BCUT2D eigenvalue weighted by Crippen LogP contribution is 2.57. The van der Waals surface area contributed by atoms with E-state index in [0.717, 1.165) is 37.0 Å². The topological polar surface area (TPSA) is 82.8 Å². The second kappa shape index (κ2) is 5.90. The Kier molecular flexibility index (Phi) is 4.02. The molecule has 0 aromatic rings. The van der Waals surface area contributed by atoms with Crippen LogP contribution in [-0.4, -0.2) is 43.8 Å². The highest BCUT2D eigenvalue weighted by atomic mass is 16.7. The maximum Gasteiger partial charge on any atom is 0.407 e. The van der Waals surface area contributed by atoms with Crippen molar-refractivity contribution in [2.45, 2.75) is 68.9 Å². The number of methoxy groups -OCH3 is 1. The standard InChI is InChI=1S/C17H28N2O4/c1-21-15-14(18)13(2-3-22-15)19-16(20)23-17-7-10-4-11(8-17)6-12(5-10)9-17/h10-15H,2-9,18H2,1H3,(H,19,20)/t10?,11?,12?,13-,14-,15-,17?/m0/s1. The van der Waals surface area contributed by atoms with Crippen molar-refractivity contribution in [3.05, 3.63) is 0 Å². The van der Waals surface area contributed by atoms with E-state index in [2.05, 4.69) is 5.32 Å². The molecule has 5 rings (SSSR count). The lowest BCUT2D eigenvalue weighted by atomic mass is 9.54. The molecule has 5 aliphatic rings. The number of rotatable bonds is 3. The summed E-state index contributed by atoms with van der Waals surface area (Å²) in [6, 6.07) is -0.521. The van der Waals surface area contributed by atoms with Crippen LogP contribution in [0.15, 0.2) is 0 Å². The molecule has 4 saturated carbocycles. The van der Waals surface area contributed by atoms with E-state index in [-0.39, 0.29) is 23.8 Å². The molecule has 0 unspecified atom stereocenters. The van der Waals surface area contributed by atoms with Crippen molar-refractivity contribution in [2.75, 3.05) is 13.7 Å². The number of carbonyl (C=O) groups excluding carboxylic acids is 1. The van der Waals surface area contributed by atoms with Gasteiger partial charge in [0, 0.05) is 7.11 Å². The number of hydrogen-bond acceptors (Lipinski definition) is 5. The molecule has 130 valence electrons. The maximum atomic E-state index is 12.5. The van der Waals surface area contributed by atoms with Crippen molar-refractivity contribution in [2.24, 2.45) is 23.5 Å². The summed E-state index contributed by atoms with van der Waals surface area (Å²) in [5, 5.41) is 2.96. The zero-order chi connectivity index (χ0) is 16.0. The fourth-order valence-corrected chi connectivity index (χ4v) is 5.73. The maximum absolute atomic E-state index is 12.5. The number of ether oxygens (including phenoxy) is 3. The van der Waals surface area contributed by atoms with Gasteiger partial charge in [-0.2, -0.15) is 0 Å². The summed E-state index contributed by atoms with van der Waals surface area (Å²) in [6.07, 6.45) is 7.07. The SMILES string of the molecule is CO[C@H]1OCC[C@H](NC(=O)OC23CC4CC(CC(C4)C2)C3)[C@@H]1N. The Balaban J connectivity index is 1.37. The van der Waals surface area contributed by atoms with Gasteiger partial charge in [0.1, 0.15) is 5.60 Å². The summed E-state index contributed by atoms with van der Waals surface area (Å²) in [4.78, 5) is 12.5. The smallest absolute Gasteiger partial charge is 0.407 e. The predicted octanol–water partition coefficient (Wildman–Crippen LogP) is 1.77. The average Bonchev–Trinajstić information content (AvgIpc) is 2.47. The first kappa shape index (κ1) is 15.7. The van der Waals surface area contributed by atoms with Crippen molar-refractivity contribution in [1.82, 2.24) is 5.32 Å². The van der Waals surface area contributed by atoms with Gasteiger partial charge in [-0.3, -0.25) is 0 Å². The van der Waals surface area contributed by atoms with Crippen LogP contribution < -0.4 is 11.1 Å². The van der Waals surface area contributed by atoms with Gasteiger partial charge in [-0.05, 0) is 62.7 Å². The Morgan fingerprint density at radius 3 is 2.35 bits per heavy atom. The molecule has 1 saturated heterocycles. The molecule has 3 atom stereocenters. The number of hydrogen-bond donors (Lipinski definition) is 2. The van der Waals surface area contributed by atoms with Crippen LogP contribution in [-0.2, 0) is 14.2 Å². The zero-order valence-corrected chi connectivity index (χ0v) is 13.8. The van der Waals surface area contributed by atoms with Gasteiger partial charge in [0.25, 0.3) is 0 Å². The van der Waals surface area contributed by atoms with E-state index in [9.17, 15) is 4.79 Å². The summed E-state index contributed by atoms with van der Waals surface area (Å²) < 4.78 is 16.6. The molecular weight excluding hydrogens is 296 g/mol. The van der Waals surface area contributed by atoms with E-state index in [1.165, 1.54) is 19.3 Å². The summed E-state index contributed by atoms with van der Waals surface area (Å²) in [7, 11) is 1.57. The Morgan fingerprint density at radius 1 is 1.17 bits per heavy atom. The Bertz CT molecular complexity index is 434. The minimum absolute atomic E-state index is 0.157. The molecule has 0 aromatic carbocycles. The van der Waals surface area contributed by atoms with E-state index >= 15 is 0 Å². The van der Waals surface area contributed by atoms with E-state index in [4.69, 9.17) is 19.9 Å². The van der Waals surface area contributed by atoms with Crippen LogP contribution in [0.1, 0.15) is 44.9 Å². The number of carbonyl (C=O) groups is 1. The fourth-order valence-electron chi connectivity index (χ4n) is 5.73. The predicted molar refractivity (Wildman–Crippen MR) is 83.6 cm³/mol. The molecule has 1 amide bonds. The number of amides is 1. The van der Waals surface area contributed by atoms with Crippen LogP contribution in [0.5, 0.6) is 0 Å². The molecule has 4 bridgehead atoms. The summed E-state index contributed by atoms with van der Waals surface area (Å²) in [6.45, 7) is 0.536.